The molecule has 1 aliphatic heterocycles. The summed E-state index contributed by atoms with van der Waals surface area (Å²) in [4.78, 5) is 4.32. The highest BCUT2D eigenvalue weighted by Gasteiger charge is 2.19. The van der Waals surface area contributed by atoms with Crippen molar-refractivity contribution in [3.8, 4) is 0 Å². The molecular weight excluding hydrogens is 176 g/mol. The second-order valence-electron chi connectivity index (χ2n) is 3.80. The third-order valence-corrected chi connectivity index (χ3v) is 2.59. The Morgan fingerprint density at radius 1 is 1.64 bits per heavy atom. The van der Waals surface area contributed by atoms with Gasteiger partial charge in [-0.15, -0.1) is 0 Å². The number of nitrogens with zero attached hydrogens (tertiary/aromatic N) is 1. The van der Waals surface area contributed by atoms with Gasteiger partial charge in [0.25, 0.3) is 0 Å². The van der Waals surface area contributed by atoms with Gasteiger partial charge in [0.2, 0.25) is 0 Å². The Bertz CT molecular complexity index is 306. The number of hydrogen-bond acceptors (Lipinski definition) is 3. The van der Waals surface area contributed by atoms with Crippen LogP contribution in [0, 0.1) is 0 Å². The van der Waals surface area contributed by atoms with Crippen molar-refractivity contribution in [2.45, 2.75) is 31.9 Å². The molecule has 3 nitrogen and oxygen atoms in total. The number of aromatic nitrogens is 1. The largest absolute Gasteiger partial charge is 0.372 e. The van der Waals surface area contributed by atoms with Gasteiger partial charge >= 0.3 is 0 Å². The minimum Gasteiger partial charge on any atom is -0.372 e. The average molecular weight is 192 g/mol. The number of rotatable bonds is 2. The highest BCUT2D eigenvalue weighted by atomic mass is 16.5. The highest BCUT2D eigenvalue weighted by Crippen LogP contribution is 2.27. The van der Waals surface area contributed by atoms with E-state index in [4.69, 9.17) is 10.5 Å². The molecule has 0 aromatic carbocycles. The lowest BCUT2D eigenvalue weighted by Gasteiger charge is -2.11. The third-order valence-electron chi connectivity index (χ3n) is 2.59. The van der Waals surface area contributed by atoms with Gasteiger partial charge in [0.1, 0.15) is 0 Å². The molecule has 0 bridgehead atoms. The van der Waals surface area contributed by atoms with Gasteiger partial charge in [-0.1, -0.05) is 0 Å². The molecule has 0 saturated carbocycles. The van der Waals surface area contributed by atoms with Crippen molar-refractivity contribution in [1.82, 2.24) is 4.98 Å². The summed E-state index contributed by atoms with van der Waals surface area (Å²) >= 11 is 0. The third kappa shape index (κ3) is 1.94. The Morgan fingerprint density at radius 3 is 3.14 bits per heavy atom. The molecule has 1 aliphatic rings. The summed E-state index contributed by atoms with van der Waals surface area (Å²) in [6.45, 7) is 2.84. The Balaban J connectivity index is 2.21. The van der Waals surface area contributed by atoms with Gasteiger partial charge in [-0.05, 0) is 37.5 Å². The van der Waals surface area contributed by atoms with E-state index >= 15 is 0 Å². The summed E-state index contributed by atoms with van der Waals surface area (Å²) in [5.41, 5.74) is 7.97. The summed E-state index contributed by atoms with van der Waals surface area (Å²) in [5.74, 6) is 0. The SMILES string of the molecule is CC(N)c1ccnc(C2CCCO2)c1. The maximum atomic E-state index is 5.81. The Kier molecular flexibility index (Phi) is 2.79. The van der Waals surface area contributed by atoms with Gasteiger partial charge in [-0.2, -0.15) is 0 Å². The summed E-state index contributed by atoms with van der Waals surface area (Å²) in [7, 11) is 0. The second kappa shape index (κ2) is 4.07. The van der Waals surface area contributed by atoms with E-state index in [1.54, 1.807) is 0 Å². The topological polar surface area (TPSA) is 48.1 Å². The van der Waals surface area contributed by atoms with E-state index in [-0.39, 0.29) is 12.1 Å². The van der Waals surface area contributed by atoms with E-state index in [2.05, 4.69) is 11.1 Å². The summed E-state index contributed by atoms with van der Waals surface area (Å²) < 4.78 is 5.57. The van der Waals surface area contributed by atoms with Gasteiger partial charge in [0, 0.05) is 18.8 Å². The molecule has 76 valence electrons. The predicted octanol–water partition coefficient (Wildman–Crippen LogP) is 1.95. The van der Waals surface area contributed by atoms with Crippen molar-refractivity contribution < 1.29 is 4.74 Å². The van der Waals surface area contributed by atoms with Crippen molar-refractivity contribution in [2.24, 2.45) is 5.73 Å². The molecule has 1 saturated heterocycles. The van der Waals surface area contributed by atoms with Gasteiger partial charge < -0.3 is 10.5 Å². The molecule has 0 radical (unpaired) electrons. The molecule has 0 spiro atoms. The van der Waals surface area contributed by atoms with Crippen LogP contribution >= 0.6 is 0 Å². The highest BCUT2D eigenvalue weighted by molar-refractivity contribution is 5.21. The van der Waals surface area contributed by atoms with E-state index in [0.29, 0.717) is 0 Å². The van der Waals surface area contributed by atoms with E-state index < -0.39 is 0 Å². The molecule has 2 N–H and O–H groups in total. The smallest absolute Gasteiger partial charge is 0.0995 e. The van der Waals surface area contributed by atoms with Crippen LogP contribution in [0.25, 0.3) is 0 Å². The molecule has 2 atom stereocenters. The number of pyridine rings is 1. The predicted molar refractivity (Wildman–Crippen MR) is 54.8 cm³/mol. The lowest BCUT2D eigenvalue weighted by molar-refractivity contribution is 0.108. The first-order valence-corrected chi connectivity index (χ1v) is 5.10. The van der Waals surface area contributed by atoms with Crippen molar-refractivity contribution in [2.75, 3.05) is 6.61 Å². The first kappa shape index (κ1) is 9.62. The summed E-state index contributed by atoms with van der Waals surface area (Å²) in [5, 5.41) is 0. The van der Waals surface area contributed by atoms with Crippen molar-refractivity contribution in [3.63, 3.8) is 0 Å². The molecular formula is C11H16N2O. The molecule has 0 aliphatic carbocycles. The number of nitrogens with two attached hydrogens (primary N) is 1. The number of hydrogen-bond donors (Lipinski definition) is 1. The van der Waals surface area contributed by atoms with E-state index in [1.165, 1.54) is 0 Å². The van der Waals surface area contributed by atoms with E-state index in [0.717, 1.165) is 30.7 Å². The lowest BCUT2D eigenvalue weighted by Crippen LogP contribution is -2.07. The standard InChI is InChI=1S/C11H16N2O/c1-8(12)9-4-5-13-10(7-9)11-3-2-6-14-11/h4-5,7-8,11H,2-3,6,12H2,1H3. The van der Waals surface area contributed by atoms with E-state index in [9.17, 15) is 0 Å². The fourth-order valence-corrected chi connectivity index (χ4v) is 1.74. The van der Waals surface area contributed by atoms with Crippen LogP contribution in [0.2, 0.25) is 0 Å². The molecule has 1 aromatic rings. The summed E-state index contributed by atoms with van der Waals surface area (Å²) in [6.07, 6.45) is 4.22. The van der Waals surface area contributed by atoms with Gasteiger partial charge in [-0.3, -0.25) is 4.98 Å². The normalized spacial score (nSPS) is 23.7. The van der Waals surface area contributed by atoms with Gasteiger partial charge in [0.15, 0.2) is 0 Å². The molecule has 2 heterocycles. The van der Waals surface area contributed by atoms with Crippen molar-refractivity contribution in [3.05, 3.63) is 29.6 Å². The quantitative estimate of drug-likeness (QED) is 0.779. The van der Waals surface area contributed by atoms with Crippen LogP contribution in [0.15, 0.2) is 18.3 Å². The fourth-order valence-electron chi connectivity index (χ4n) is 1.74. The first-order valence-electron chi connectivity index (χ1n) is 5.10. The molecule has 3 heteroatoms. The maximum absolute atomic E-state index is 5.81. The zero-order valence-corrected chi connectivity index (χ0v) is 8.44. The van der Waals surface area contributed by atoms with Crippen molar-refractivity contribution >= 4 is 0 Å². The molecule has 0 amide bonds. The molecule has 1 fully saturated rings. The molecule has 2 unspecified atom stereocenters. The van der Waals surface area contributed by atoms with Crippen LogP contribution in [0.4, 0.5) is 0 Å². The van der Waals surface area contributed by atoms with Crippen molar-refractivity contribution in [1.29, 1.82) is 0 Å². The minimum absolute atomic E-state index is 0.0677. The van der Waals surface area contributed by atoms with Crippen LogP contribution in [0.1, 0.15) is 43.2 Å². The maximum Gasteiger partial charge on any atom is 0.0995 e. The molecule has 1 aromatic heterocycles. The zero-order valence-electron chi connectivity index (χ0n) is 8.44. The average Bonchev–Trinajstić information content (AvgIpc) is 2.71. The monoisotopic (exact) mass is 192 g/mol. The minimum atomic E-state index is 0.0677. The molecule has 2 rings (SSSR count). The second-order valence-corrected chi connectivity index (χ2v) is 3.80. The van der Waals surface area contributed by atoms with Crippen LogP contribution in [-0.2, 0) is 4.74 Å². The Labute approximate surface area is 84.3 Å². The number of ether oxygens (including phenoxy) is 1. The summed E-state index contributed by atoms with van der Waals surface area (Å²) in [6, 6.07) is 4.09. The lowest BCUT2D eigenvalue weighted by atomic mass is 10.1. The Hall–Kier alpha value is -0.930. The van der Waals surface area contributed by atoms with Crippen LogP contribution in [0.5, 0.6) is 0 Å². The zero-order chi connectivity index (χ0) is 9.97. The molecule has 14 heavy (non-hydrogen) atoms. The van der Waals surface area contributed by atoms with Crippen LogP contribution in [-0.4, -0.2) is 11.6 Å². The van der Waals surface area contributed by atoms with Crippen LogP contribution in [0.3, 0.4) is 0 Å². The Morgan fingerprint density at radius 2 is 2.50 bits per heavy atom. The van der Waals surface area contributed by atoms with Crippen LogP contribution < -0.4 is 5.73 Å². The van der Waals surface area contributed by atoms with E-state index in [1.807, 2.05) is 19.2 Å². The first-order chi connectivity index (χ1) is 6.77. The fraction of sp³-hybridized carbons (Fsp3) is 0.545. The van der Waals surface area contributed by atoms with Gasteiger partial charge in [-0.25, -0.2) is 0 Å². The van der Waals surface area contributed by atoms with Gasteiger partial charge in [0.05, 0.1) is 11.8 Å².